The van der Waals surface area contributed by atoms with E-state index in [0.29, 0.717) is 0 Å². The molecule has 74 valence electrons. The number of hydrogen-bond donors (Lipinski definition) is 0. The second-order valence-electron chi connectivity index (χ2n) is 3.12. The van der Waals surface area contributed by atoms with Gasteiger partial charge in [0.1, 0.15) is 5.76 Å². The summed E-state index contributed by atoms with van der Waals surface area (Å²) in [6, 6.07) is 10.2. The Kier molecular flexibility index (Phi) is 2.19. The van der Waals surface area contributed by atoms with Crippen LogP contribution < -0.4 is 0 Å². The van der Waals surface area contributed by atoms with Crippen LogP contribution in [0.15, 0.2) is 51.8 Å². The van der Waals surface area contributed by atoms with Crippen LogP contribution in [0.2, 0.25) is 0 Å². The summed E-state index contributed by atoms with van der Waals surface area (Å²) in [5.41, 5.74) is 1.19. The van der Waals surface area contributed by atoms with E-state index in [1.54, 1.807) is 28.9 Å². The summed E-state index contributed by atoms with van der Waals surface area (Å²) < 4.78 is 5.43. The molecule has 0 bridgehead atoms. The molecule has 3 heterocycles. The van der Waals surface area contributed by atoms with Crippen molar-refractivity contribution < 1.29 is 4.42 Å². The van der Waals surface area contributed by atoms with Crippen molar-refractivity contribution in [2.45, 2.75) is 0 Å². The Bertz CT molecular complexity index is 483. The highest BCUT2D eigenvalue weighted by Crippen LogP contribution is 2.38. The van der Waals surface area contributed by atoms with E-state index in [1.807, 2.05) is 12.1 Å². The van der Waals surface area contributed by atoms with Gasteiger partial charge in [-0.2, -0.15) is 0 Å². The number of hydrogen-bond acceptors (Lipinski definition) is 3. The molecule has 0 amide bonds. The van der Waals surface area contributed by atoms with E-state index in [4.69, 9.17) is 4.42 Å². The van der Waals surface area contributed by atoms with Gasteiger partial charge in [0.2, 0.25) is 0 Å². The minimum absolute atomic E-state index is 0.944. The zero-order valence-corrected chi connectivity index (χ0v) is 9.48. The average Bonchev–Trinajstić information content (AvgIpc) is 3.01. The maximum Gasteiger partial charge on any atom is 0.135 e. The van der Waals surface area contributed by atoms with Gasteiger partial charge < -0.3 is 4.42 Å². The van der Waals surface area contributed by atoms with Crippen LogP contribution in [-0.4, -0.2) is 0 Å². The van der Waals surface area contributed by atoms with Gasteiger partial charge in [-0.1, -0.05) is 6.07 Å². The fourth-order valence-corrected chi connectivity index (χ4v) is 3.32. The van der Waals surface area contributed by atoms with E-state index in [-0.39, 0.29) is 0 Å². The Morgan fingerprint density at radius 1 is 0.933 bits per heavy atom. The van der Waals surface area contributed by atoms with Crippen molar-refractivity contribution in [3.8, 4) is 21.1 Å². The van der Waals surface area contributed by atoms with Crippen LogP contribution in [0.4, 0.5) is 0 Å². The van der Waals surface area contributed by atoms with Crippen LogP contribution in [0.5, 0.6) is 0 Å². The summed E-state index contributed by atoms with van der Waals surface area (Å²) in [6.45, 7) is 0. The van der Waals surface area contributed by atoms with Gasteiger partial charge in [0, 0.05) is 10.4 Å². The molecule has 3 heteroatoms. The van der Waals surface area contributed by atoms with E-state index in [9.17, 15) is 0 Å². The van der Waals surface area contributed by atoms with Crippen molar-refractivity contribution in [3.63, 3.8) is 0 Å². The molecular formula is C12H8OS2. The van der Waals surface area contributed by atoms with Gasteiger partial charge in [-0.25, -0.2) is 0 Å². The van der Waals surface area contributed by atoms with Crippen LogP contribution in [0, 0.1) is 0 Å². The lowest BCUT2D eigenvalue weighted by molar-refractivity contribution is 0.583. The highest BCUT2D eigenvalue weighted by Gasteiger charge is 2.11. The van der Waals surface area contributed by atoms with Crippen LogP contribution in [0.1, 0.15) is 0 Å². The Morgan fingerprint density at radius 2 is 1.93 bits per heavy atom. The number of furan rings is 1. The first-order chi connectivity index (χ1) is 7.45. The van der Waals surface area contributed by atoms with Crippen molar-refractivity contribution in [2.24, 2.45) is 0 Å². The van der Waals surface area contributed by atoms with Crippen molar-refractivity contribution in [1.29, 1.82) is 0 Å². The molecule has 0 saturated heterocycles. The van der Waals surface area contributed by atoms with Crippen molar-refractivity contribution in [2.75, 3.05) is 0 Å². The van der Waals surface area contributed by atoms with Gasteiger partial charge in [-0.3, -0.25) is 0 Å². The van der Waals surface area contributed by atoms with E-state index < -0.39 is 0 Å². The van der Waals surface area contributed by atoms with Gasteiger partial charge in [0.05, 0.1) is 11.1 Å². The summed E-state index contributed by atoms with van der Waals surface area (Å²) in [5.74, 6) is 0.944. The molecule has 1 nitrogen and oxygen atoms in total. The van der Waals surface area contributed by atoms with Gasteiger partial charge in [-0.05, 0) is 35.0 Å². The largest absolute Gasteiger partial charge is 0.464 e. The Hall–Kier alpha value is -1.32. The fraction of sp³-hybridized carbons (Fsp3) is 0. The quantitative estimate of drug-likeness (QED) is 0.622. The minimum Gasteiger partial charge on any atom is -0.464 e. The van der Waals surface area contributed by atoms with Crippen LogP contribution in [-0.2, 0) is 0 Å². The third kappa shape index (κ3) is 1.54. The Balaban J connectivity index is 2.15. The lowest BCUT2D eigenvalue weighted by Gasteiger charge is -1.97. The first-order valence-electron chi connectivity index (χ1n) is 4.60. The van der Waals surface area contributed by atoms with Gasteiger partial charge in [0.25, 0.3) is 0 Å². The minimum atomic E-state index is 0.944. The number of thiophene rings is 2. The molecule has 3 rings (SSSR count). The van der Waals surface area contributed by atoms with Gasteiger partial charge >= 0.3 is 0 Å². The Morgan fingerprint density at radius 3 is 2.67 bits per heavy atom. The lowest BCUT2D eigenvalue weighted by atomic mass is 10.2. The maximum atomic E-state index is 5.43. The summed E-state index contributed by atoms with van der Waals surface area (Å²) in [4.78, 5) is 2.59. The molecule has 0 aromatic carbocycles. The number of rotatable bonds is 2. The van der Waals surface area contributed by atoms with Gasteiger partial charge in [0.15, 0.2) is 0 Å². The summed E-state index contributed by atoms with van der Waals surface area (Å²) in [5, 5.41) is 4.20. The lowest BCUT2D eigenvalue weighted by Crippen LogP contribution is -1.71. The molecule has 0 atom stereocenters. The average molecular weight is 232 g/mol. The molecule has 0 aliphatic heterocycles. The SMILES string of the molecule is c1coc(-c2ccsc2-c2cccs2)c1. The molecule has 0 fully saturated rings. The summed E-state index contributed by atoms with van der Waals surface area (Å²) in [7, 11) is 0. The van der Waals surface area contributed by atoms with Crippen LogP contribution in [0.3, 0.4) is 0 Å². The highest BCUT2D eigenvalue weighted by molar-refractivity contribution is 7.20. The summed E-state index contributed by atoms with van der Waals surface area (Å²) in [6.07, 6.45) is 1.71. The molecule has 3 aromatic rings. The third-order valence-electron chi connectivity index (χ3n) is 2.20. The van der Waals surface area contributed by atoms with Crippen molar-refractivity contribution in [1.82, 2.24) is 0 Å². The highest BCUT2D eigenvalue weighted by atomic mass is 32.1. The molecule has 0 saturated carbocycles. The molecule has 0 aliphatic rings. The van der Waals surface area contributed by atoms with E-state index >= 15 is 0 Å². The molecule has 0 spiro atoms. The maximum absolute atomic E-state index is 5.43. The van der Waals surface area contributed by atoms with Gasteiger partial charge in [-0.15, -0.1) is 22.7 Å². The molecule has 0 N–H and O–H groups in total. The topological polar surface area (TPSA) is 13.1 Å². The van der Waals surface area contributed by atoms with E-state index in [0.717, 1.165) is 5.76 Å². The van der Waals surface area contributed by atoms with E-state index in [2.05, 4.69) is 29.0 Å². The molecular weight excluding hydrogens is 224 g/mol. The van der Waals surface area contributed by atoms with Crippen LogP contribution in [0.25, 0.3) is 21.1 Å². The standard InChI is InChI=1S/C12H8OS2/c1-3-10(13-6-1)9-5-8-15-12(9)11-4-2-7-14-11/h1-8H. The van der Waals surface area contributed by atoms with Crippen molar-refractivity contribution >= 4 is 22.7 Å². The second-order valence-corrected chi connectivity index (χ2v) is 4.98. The first kappa shape index (κ1) is 8.95. The normalized spacial score (nSPS) is 10.7. The molecule has 0 aliphatic carbocycles. The molecule has 0 radical (unpaired) electrons. The molecule has 0 unspecified atom stereocenters. The Labute approximate surface area is 95.6 Å². The smallest absolute Gasteiger partial charge is 0.135 e. The summed E-state index contributed by atoms with van der Waals surface area (Å²) >= 11 is 3.52. The van der Waals surface area contributed by atoms with E-state index in [1.165, 1.54) is 15.3 Å². The predicted molar refractivity (Wildman–Crippen MR) is 65.3 cm³/mol. The van der Waals surface area contributed by atoms with Crippen LogP contribution >= 0.6 is 22.7 Å². The zero-order valence-electron chi connectivity index (χ0n) is 7.84. The fourth-order valence-electron chi connectivity index (χ4n) is 1.53. The third-order valence-corrected chi connectivity index (χ3v) is 4.16. The second kappa shape index (κ2) is 3.68. The predicted octanol–water partition coefficient (Wildman–Crippen LogP) is 4.74. The van der Waals surface area contributed by atoms with Crippen molar-refractivity contribution in [3.05, 3.63) is 47.4 Å². The monoisotopic (exact) mass is 232 g/mol. The first-order valence-corrected chi connectivity index (χ1v) is 6.36. The molecule has 3 aromatic heterocycles. The zero-order chi connectivity index (χ0) is 10.1. The molecule has 15 heavy (non-hydrogen) atoms.